The fourth-order valence-corrected chi connectivity index (χ4v) is 3.43. The Hall–Kier alpha value is -3.25. The largest absolute Gasteiger partial charge is 0.450 e. The van der Waals surface area contributed by atoms with Crippen molar-refractivity contribution in [3.8, 4) is 0 Å². The molecule has 0 bridgehead atoms. The number of para-hydroxylation sites is 1. The van der Waals surface area contributed by atoms with Crippen molar-refractivity contribution in [2.45, 2.75) is 16.9 Å². The molecule has 1 aliphatic heterocycles. The van der Waals surface area contributed by atoms with E-state index in [1.54, 1.807) is 30.3 Å². The lowest BCUT2D eigenvalue weighted by Crippen LogP contribution is -2.35. The third kappa shape index (κ3) is 3.66. The fraction of sp³-hybridized carbons (Fsp3) is 0.0476. The van der Waals surface area contributed by atoms with Gasteiger partial charge in [-0.1, -0.05) is 47.7 Å². The molecule has 134 valence electrons. The average molecular weight is 376 g/mol. The van der Waals surface area contributed by atoms with Gasteiger partial charge in [-0.3, -0.25) is 15.0 Å². The maximum atomic E-state index is 12.6. The van der Waals surface area contributed by atoms with Crippen molar-refractivity contribution in [1.82, 2.24) is 5.43 Å². The van der Waals surface area contributed by atoms with Gasteiger partial charge in [0.05, 0.1) is 5.69 Å². The van der Waals surface area contributed by atoms with Gasteiger partial charge in [0.15, 0.2) is 5.09 Å². The molecule has 0 saturated carbocycles. The minimum Gasteiger partial charge on any atom is -0.450 e. The number of benzene rings is 2. The van der Waals surface area contributed by atoms with Crippen LogP contribution in [0.2, 0.25) is 0 Å². The summed E-state index contributed by atoms with van der Waals surface area (Å²) in [4.78, 5) is 25.8. The number of aryl methyl sites for hydroxylation is 1. The smallest absolute Gasteiger partial charge is 0.282 e. The number of nitrogens with zero attached hydrogens (tertiary/aromatic N) is 1. The van der Waals surface area contributed by atoms with Crippen molar-refractivity contribution >= 4 is 35.3 Å². The Bertz CT molecular complexity index is 1020. The summed E-state index contributed by atoms with van der Waals surface area (Å²) in [6, 6.07) is 20.6. The second kappa shape index (κ2) is 7.17. The van der Waals surface area contributed by atoms with Gasteiger partial charge in [0, 0.05) is 4.90 Å². The maximum Gasteiger partial charge on any atom is 0.282 e. The Morgan fingerprint density at radius 2 is 1.70 bits per heavy atom. The van der Waals surface area contributed by atoms with E-state index >= 15 is 0 Å². The van der Waals surface area contributed by atoms with Crippen molar-refractivity contribution in [2.75, 3.05) is 5.01 Å². The van der Waals surface area contributed by atoms with Gasteiger partial charge in [0.2, 0.25) is 0 Å². The van der Waals surface area contributed by atoms with Crippen molar-refractivity contribution in [3.63, 3.8) is 0 Å². The van der Waals surface area contributed by atoms with E-state index in [1.807, 2.05) is 43.3 Å². The Labute approximate surface area is 160 Å². The van der Waals surface area contributed by atoms with Crippen molar-refractivity contribution in [2.24, 2.45) is 0 Å². The second-order valence-corrected chi connectivity index (χ2v) is 7.12. The molecule has 4 rings (SSSR count). The summed E-state index contributed by atoms with van der Waals surface area (Å²) in [6.07, 6.45) is 1.47. The molecule has 0 aliphatic carbocycles. The number of nitrogens with one attached hydrogen (secondary N) is 1. The first-order valence-corrected chi connectivity index (χ1v) is 9.18. The minimum atomic E-state index is -0.451. The van der Waals surface area contributed by atoms with Crippen LogP contribution in [0.4, 0.5) is 5.69 Å². The molecule has 2 heterocycles. The van der Waals surface area contributed by atoms with E-state index in [9.17, 15) is 9.59 Å². The molecule has 1 saturated heterocycles. The van der Waals surface area contributed by atoms with Gasteiger partial charge in [0.1, 0.15) is 11.3 Å². The summed E-state index contributed by atoms with van der Waals surface area (Å²) in [7, 11) is 0. The molecule has 1 aliphatic rings. The number of carbonyl (C=O) groups is 2. The number of furan rings is 1. The van der Waals surface area contributed by atoms with E-state index in [1.165, 1.54) is 28.4 Å². The van der Waals surface area contributed by atoms with E-state index in [2.05, 4.69) is 5.43 Å². The molecule has 0 atom stereocenters. The molecule has 0 unspecified atom stereocenters. The molecule has 27 heavy (non-hydrogen) atoms. The van der Waals surface area contributed by atoms with Gasteiger partial charge < -0.3 is 4.42 Å². The van der Waals surface area contributed by atoms with Gasteiger partial charge in [-0.25, -0.2) is 5.01 Å². The van der Waals surface area contributed by atoms with E-state index in [-0.39, 0.29) is 5.57 Å². The summed E-state index contributed by atoms with van der Waals surface area (Å²) >= 11 is 1.48. The fourth-order valence-electron chi connectivity index (χ4n) is 2.65. The third-order valence-electron chi connectivity index (χ3n) is 4.03. The van der Waals surface area contributed by atoms with Crippen LogP contribution >= 0.6 is 11.8 Å². The normalized spacial score (nSPS) is 15.4. The van der Waals surface area contributed by atoms with E-state index in [4.69, 9.17) is 4.42 Å². The van der Waals surface area contributed by atoms with Crippen LogP contribution in [-0.2, 0) is 9.59 Å². The number of anilines is 1. The van der Waals surface area contributed by atoms with Crippen LogP contribution in [0.25, 0.3) is 6.08 Å². The Kier molecular flexibility index (Phi) is 4.56. The zero-order valence-electron chi connectivity index (χ0n) is 14.5. The molecule has 3 aromatic rings. The first-order valence-electron chi connectivity index (χ1n) is 8.37. The predicted octanol–water partition coefficient (Wildman–Crippen LogP) is 4.20. The first-order chi connectivity index (χ1) is 13.1. The number of rotatable bonds is 4. The average Bonchev–Trinajstić information content (AvgIpc) is 3.24. The van der Waals surface area contributed by atoms with E-state index in [0.29, 0.717) is 16.5 Å². The summed E-state index contributed by atoms with van der Waals surface area (Å²) < 4.78 is 5.75. The van der Waals surface area contributed by atoms with Crippen LogP contribution in [-0.4, -0.2) is 11.8 Å². The standard InChI is InChI=1S/C21H16N2O3S/c1-14-7-10-17(11-8-14)27-19-12-9-16(26-19)13-18-20(24)22-23(21(18)25)15-5-3-2-4-6-15/h2-13H,1H3,(H,22,24)/b18-13+. The van der Waals surface area contributed by atoms with Crippen LogP contribution in [0, 0.1) is 6.92 Å². The predicted molar refractivity (Wildman–Crippen MR) is 104 cm³/mol. The zero-order valence-corrected chi connectivity index (χ0v) is 15.3. The van der Waals surface area contributed by atoms with Gasteiger partial charge in [0.25, 0.3) is 11.8 Å². The van der Waals surface area contributed by atoms with Crippen LogP contribution in [0.3, 0.4) is 0 Å². The van der Waals surface area contributed by atoms with E-state index in [0.717, 1.165) is 4.90 Å². The highest BCUT2D eigenvalue weighted by Gasteiger charge is 2.34. The molecular formula is C21H16N2O3S. The molecule has 1 N–H and O–H groups in total. The molecule has 2 amide bonds. The van der Waals surface area contributed by atoms with Crippen LogP contribution in [0.5, 0.6) is 0 Å². The Morgan fingerprint density at radius 3 is 2.44 bits per heavy atom. The van der Waals surface area contributed by atoms with Crippen molar-refractivity contribution < 1.29 is 14.0 Å². The van der Waals surface area contributed by atoms with Crippen LogP contribution in [0.15, 0.2) is 86.7 Å². The summed E-state index contributed by atoms with van der Waals surface area (Å²) in [5, 5.41) is 1.93. The number of carbonyl (C=O) groups excluding carboxylic acids is 2. The van der Waals surface area contributed by atoms with Crippen LogP contribution < -0.4 is 10.4 Å². The molecule has 0 spiro atoms. The topological polar surface area (TPSA) is 62.6 Å². The lowest BCUT2D eigenvalue weighted by molar-refractivity contribution is -0.117. The molecule has 2 aromatic carbocycles. The van der Waals surface area contributed by atoms with E-state index < -0.39 is 11.8 Å². The first kappa shape index (κ1) is 17.2. The molecule has 1 aromatic heterocycles. The number of hydrogen-bond donors (Lipinski definition) is 1. The van der Waals surface area contributed by atoms with Gasteiger partial charge >= 0.3 is 0 Å². The lowest BCUT2D eigenvalue weighted by atomic mass is 10.2. The van der Waals surface area contributed by atoms with Gasteiger partial charge in [-0.05, 0) is 49.4 Å². The Balaban J connectivity index is 1.53. The van der Waals surface area contributed by atoms with Gasteiger partial charge in [-0.15, -0.1) is 0 Å². The monoisotopic (exact) mass is 376 g/mol. The minimum absolute atomic E-state index is 0.0417. The highest BCUT2D eigenvalue weighted by Crippen LogP contribution is 2.30. The van der Waals surface area contributed by atoms with Gasteiger partial charge in [-0.2, -0.15) is 0 Å². The summed E-state index contributed by atoms with van der Waals surface area (Å²) in [5.41, 5.74) is 4.41. The number of amides is 2. The molecule has 1 fully saturated rings. The van der Waals surface area contributed by atoms with Crippen molar-refractivity contribution in [3.05, 3.63) is 83.6 Å². The number of hydrogen-bond acceptors (Lipinski definition) is 4. The quantitative estimate of drug-likeness (QED) is 0.548. The maximum absolute atomic E-state index is 12.6. The highest BCUT2D eigenvalue weighted by atomic mass is 32.2. The molecular weight excluding hydrogens is 360 g/mol. The molecule has 5 nitrogen and oxygen atoms in total. The SMILES string of the molecule is Cc1ccc(Sc2ccc(/C=C3\C(=O)NN(c4ccccc4)C3=O)o2)cc1. The Morgan fingerprint density at radius 1 is 0.963 bits per heavy atom. The zero-order chi connectivity index (χ0) is 18.8. The summed E-state index contributed by atoms with van der Waals surface area (Å²) in [6.45, 7) is 2.04. The molecule has 6 heteroatoms. The number of hydrazine groups is 1. The second-order valence-electron chi connectivity index (χ2n) is 6.05. The highest BCUT2D eigenvalue weighted by molar-refractivity contribution is 7.99. The van der Waals surface area contributed by atoms with Crippen LogP contribution in [0.1, 0.15) is 11.3 Å². The summed E-state index contributed by atoms with van der Waals surface area (Å²) in [5.74, 6) is -0.402. The lowest BCUT2D eigenvalue weighted by Gasteiger charge is -2.13. The molecule has 0 radical (unpaired) electrons. The third-order valence-corrected chi connectivity index (χ3v) is 4.96. The van der Waals surface area contributed by atoms with Crippen molar-refractivity contribution in [1.29, 1.82) is 0 Å².